The Morgan fingerprint density at radius 2 is 1.74 bits per heavy atom. The highest BCUT2D eigenvalue weighted by Crippen LogP contribution is 2.32. The number of benzene rings is 2. The molecule has 1 unspecified atom stereocenters. The number of amides is 1. The average molecular weight is 447 g/mol. The fourth-order valence-corrected chi connectivity index (χ4v) is 3.86. The molecule has 0 aliphatic carbocycles. The third-order valence-electron chi connectivity index (χ3n) is 4.44. The molecule has 9 heteroatoms. The van der Waals surface area contributed by atoms with Gasteiger partial charge in [0.05, 0.1) is 22.8 Å². The molecule has 0 radical (unpaired) electrons. The molecule has 3 rings (SSSR count). The smallest absolute Gasteiger partial charge is 0.324 e. The van der Waals surface area contributed by atoms with Gasteiger partial charge < -0.3 is 9.88 Å². The Morgan fingerprint density at radius 1 is 1.10 bits per heavy atom. The van der Waals surface area contributed by atoms with E-state index in [4.69, 9.17) is 0 Å². The van der Waals surface area contributed by atoms with E-state index in [0.29, 0.717) is 22.5 Å². The normalized spacial score (nSPS) is 12.4. The number of nitrogens with zero attached hydrogens (tertiary/aromatic N) is 2. The summed E-state index contributed by atoms with van der Waals surface area (Å²) in [5, 5.41) is 2.01. The second-order valence-electron chi connectivity index (χ2n) is 6.84. The number of hydrogen-bond acceptors (Lipinski definition) is 4. The molecule has 0 fully saturated rings. The lowest BCUT2D eigenvalue weighted by molar-refractivity contribution is -0.141. The molecule has 0 aliphatic heterocycles. The summed E-state index contributed by atoms with van der Waals surface area (Å²) in [6.07, 6.45) is -3.08. The summed E-state index contributed by atoms with van der Waals surface area (Å²) in [6, 6.07) is 15.2. The first-order valence-electron chi connectivity index (χ1n) is 9.41. The number of anilines is 1. The SMILES string of the molecule is CC(=O)c1ccccc1NC(=O)C(C)Sc1ncc(-c2ccccc2)n1CC(F)(F)F. The number of thioether (sulfide) groups is 1. The number of halogens is 3. The van der Waals surface area contributed by atoms with E-state index in [2.05, 4.69) is 10.3 Å². The molecule has 162 valence electrons. The van der Waals surface area contributed by atoms with Gasteiger partial charge in [-0.25, -0.2) is 4.98 Å². The highest BCUT2D eigenvalue weighted by atomic mass is 32.2. The zero-order valence-electron chi connectivity index (χ0n) is 16.8. The molecule has 0 bridgehead atoms. The minimum atomic E-state index is -4.45. The maximum atomic E-state index is 13.2. The number of ketones is 1. The number of alkyl halides is 3. The topological polar surface area (TPSA) is 64.0 Å². The zero-order valence-corrected chi connectivity index (χ0v) is 17.6. The van der Waals surface area contributed by atoms with Gasteiger partial charge >= 0.3 is 6.18 Å². The fourth-order valence-electron chi connectivity index (χ4n) is 2.97. The Balaban J connectivity index is 1.84. The third kappa shape index (κ3) is 5.75. The van der Waals surface area contributed by atoms with Crippen LogP contribution in [-0.4, -0.2) is 32.7 Å². The third-order valence-corrected chi connectivity index (χ3v) is 5.55. The van der Waals surface area contributed by atoms with Gasteiger partial charge in [-0.3, -0.25) is 9.59 Å². The van der Waals surface area contributed by atoms with E-state index in [9.17, 15) is 22.8 Å². The monoisotopic (exact) mass is 447 g/mol. The van der Waals surface area contributed by atoms with Crippen LogP contribution in [0.15, 0.2) is 66.0 Å². The molecule has 1 amide bonds. The lowest BCUT2D eigenvalue weighted by Crippen LogP contribution is -2.25. The van der Waals surface area contributed by atoms with Crippen LogP contribution in [0.4, 0.5) is 18.9 Å². The highest BCUT2D eigenvalue weighted by Gasteiger charge is 2.31. The van der Waals surface area contributed by atoms with Crippen molar-refractivity contribution in [1.82, 2.24) is 9.55 Å². The first kappa shape index (κ1) is 22.6. The van der Waals surface area contributed by atoms with Gasteiger partial charge in [0.2, 0.25) is 5.91 Å². The van der Waals surface area contributed by atoms with Gasteiger partial charge in [0.15, 0.2) is 10.9 Å². The number of rotatable bonds is 7. The largest absolute Gasteiger partial charge is 0.406 e. The zero-order chi connectivity index (χ0) is 22.6. The summed E-state index contributed by atoms with van der Waals surface area (Å²) >= 11 is 0.923. The van der Waals surface area contributed by atoms with Crippen molar-refractivity contribution in [2.45, 2.75) is 37.0 Å². The van der Waals surface area contributed by atoms with Crippen molar-refractivity contribution in [3.63, 3.8) is 0 Å². The van der Waals surface area contributed by atoms with Gasteiger partial charge in [0.1, 0.15) is 6.54 Å². The van der Waals surface area contributed by atoms with E-state index in [1.54, 1.807) is 61.5 Å². The Bertz CT molecular complexity index is 1080. The summed E-state index contributed by atoms with van der Waals surface area (Å²) in [6.45, 7) is 1.74. The number of Topliss-reactive ketones (excluding diaryl/α,β-unsaturated/α-hetero) is 1. The number of nitrogens with one attached hydrogen (secondary N) is 1. The van der Waals surface area contributed by atoms with Crippen LogP contribution in [0.3, 0.4) is 0 Å². The van der Waals surface area contributed by atoms with Crippen molar-refractivity contribution in [2.24, 2.45) is 0 Å². The van der Waals surface area contributed by atoms with Crippen LogP contribution < -0.4 is 5.32 Å². The van der Waals surface area contributed by atoms with Gasteiger partial charge in [-0.2, -0.15) is 13.2 Å². The standard InChI is InChI=1S/C22H20F3N3O2S/c1-14(29)17-10-6-7-11-18(17)27-20(30)15(2)31-21-26-12-19(16-8-4-3-5-9-16)28(21)13-22(23,24)25/h3-12,15H,13H2,1-2H3,(H,27,30). The molecule has 1 N–H and O–H groups in total. The van der Waals surface area contributed by atoms with Gasteiger partial charge in [-0.1, -0.05) is 54.2 Å². The van der Waals surface area contributed by atoms with E-state index in [1.807, 2.05) is 0 Å². The van der Waals surface area contributed by atoms with Crippen LogP contribution in [0.25, 0.3) is 11.3 Å². The van der Waals surface area contributed by atoms with E-state index < -0.39 is 23.9 Å². The van der Waals surface area contributed by atoms with Gasteiger partial charge in [-0.05, 0) is 31.5 Å². The summed E-state index contributed by atoms with van der Waals surface area (Å²) in [4.78, 5) is 28.6. The molecular weight excluding hydrogens is 427 g/mol. The fraction of sp³-hybridized carbons (Fsp3) is 0.227. The predicted octanol–water partition coefficient (Wildman–Crippen LogP) is 5.43. The van der Waals surface area contributed by atoms with E-state index >= 15 is 0 Å². The van der Waals surface area contributed by atoms with Gasteiger partial charge in [0, 0.05) is 5.56 Å². The van der Waals surface area contributed by atoms with E-state index in [0.717, 1.165) is 16.3 Å². The molecule has 1 aromatic heterocycles. The Morgan fingerprint density at radius 3 is 2.39 bits per heavy atom. The van der Waals surface area contributed by atoms with E-state index in [-0.39, 0.29) is 10.9 Å². The van der Waals surface area contributed by atoms with Crippen LogP contribution in [-0.2, 0) is 11.3 Å². The first-order valence-corrected chi connectivity index (χ1v) is 10.3. The second-order valence-corrected chi connectivity index (χ2v) is 8.15. The van der Waals surface area contributed by atoms with Crippen molar-refractivity contribution < 1.29 is 22.8 Å². The quantitative estimate of drug-likeness (QED) is 0.387. The molecule has 1 heterocycles. The minimum absolute atomic E-state index is 0.0821. The molecule has 0 aliphatic rings. The summed E-state index contributed by atoms with van der Waals surface area (Å²) in [7, 11) is 0. The Labute approximate surface area is 181 Å². The summed E-state index contributed by atoms with van der Waals surface area (Å²) in [5.41, 5.74) is 1.63. The summed E-state index contributed by atoms with van der Waals surface area (Å²) in [5.74, 6) is -0.647. The number of aromatic nitrogens is 2. The lowest BCUT2D eigenvalue weighted by Gasteiger charge is -2.17. The molecular formula is C22H20F3N3O2S. The van der Waals surface area contributed by atoms with Crippen molar-refractivity contribution in [3.8, 4) is 11.3 Å². The maximum absolute atomic E-state index is 13.2. The molecule has 31 heavy (non-hydrogen) atoms. The number of hydrogen-bond donors (Lipinski definition) is 1. The van der Waals surface area contributed by atoms with E-state index in [1.165, 1.54) is 13.1 Å². The number of carbonyl (C=O) groups excluding carboxylic acids is 2. The lowest BCUT2D eigenvalue weighted by atomic mass is 10.1. The average Bonchev–Trinajstić information content (AvgIpc) is 3.09. The molecule has 2 aromatic carbocycles. The molecule has 0 saturated heterocycles. The Hall–Kier alpha value is -3.07. The van der Waals surface area contributed by atoms with Crippen molar-refractivity contribution in [3.05, 3.63) is 66.4 Å². The van der Waals surface area contributed by atoms with Crippen LogP contribution >= 0.6 is 11.8 Å². The molecule has 3 aromatic rings. The molecule has 0 saturated carbocycles. The van der Waals surface area contributed by atoms with Crippen LogP contribution in [0, 0.1) is 0 Å². The molecule has 1 atom stereocenters. The maximum Gasteiger partial charge on any atom is 0.406 e. The van der Waals surface area contributed by atoms with Crippen molar-refractivity contribution in [1.29, 1.82) is 0 Å². The minimum Gasteiger partial charge on any atom is -0.324 e. The van der Waals surface area contributed by atoms with Crippen LogP contribution in [0.5, 0.6) is 0 Å². The van der Waals surface area contributed by atoms with Gasteiger partial charge in [0.25, 0.3) is 0 Å². The second kappa shape index (κ2) is 9.38. The van der Waals surface area contributed by atoms with Crippen LogP contribution in [0.1, 0.15) is 24.2 Å². The number of imidazole rings is 1. The highest BCUT2D eigenvalue weighted by molar-refractivity contribution is 8.00. The number of para-hydroxylation sites is 1. The predicted molar refractivity (Wildman–Crippen MR) is 114 cm³/mol. The van der Waals surface area contributed by atoms with Crippen molar-refractivity contribution in [2.75, 3.05) is 5.32 Å². The Kier molecular flexibility index (Phi) is 6.84. The summed E-state index contributed by atoms with van der Waals surface area (Å²) < 4.78 is 40.8. The van der Waals surface area contributed by atoms with Crippen molar-refractivity contribution >= 4 is 29.1 Å². The molecule has 5 nitrogen and oxygen atoms in total. The van der Waals surface area contributed by atoms with Gasteiger partial charge in [-0.15, -0.1) is 0 Å². The van der Waals surface area contributed by atoms with Crippen LogP contribution in [0.2, 0.25) is 0 Å². The number of carbonyl (C=O) groups is 2. The molecule has 0 spiro atoms. The first-order chi connectivity index (χ1) is 14.7.